The lowest BCUT2D eigenvalue weighted by Crippen LogP contribution is -2.42. The lowest BCUT2D eigenvalue weighted by molar-refractivity contribution is 0.114. The van der Waals surface area contributed by atoms with Crippen molar-refractivity contribution in [2.75, 3.05) is 26.2 Å². The Morgan fingerprint density at radius 3 is 2.70 bits per heavy atom. The fourth-order valence-corrected chi connectivity index (χ4v) is 4.96. The molecule has 2 aliphatic heterocycles. The van der Waals surface area contributed by atoms with Gasteiger partial charge in [0.25, 0.3) is 0 Å². The highest BCUT2D eigenvalue weighted by Gasteiger charge is 2.27. The van der Waals surface area contributed by atoms with Gasteiger partial charge >= 0.3 is 6.09 Å². The molecular weight excluding hydrogens is 338 g/mol. The Bertz CT molecular complexity index is 764. The molecule has 1 unspecified atom stereocenters. The fraction of sp³-hybridized carbons (Fsp3) is 0.591. The molecule has 146 valence electrons. The predicted molar refractivity (Wildman–Crippen MR) is 108 cm³/mol. The molecule has 0 spiro atoms. The van der Waals surface area contributed by atoms with Gasteiger partial charge in [0.1, 0.15) is 0 Å². The number of hydrogen-bond acceptors (Lipinski definition) is 2. The summed E-state index contributed by atoms with van der Waals surface area (Å²) in [5, 5.41) is 10.9. The van der Waals surface area contributed by atoms with Crippen LogP contribution in [-0.2, 0) is 0 Å². The number of piperidine rings is 1. The molecular formula is C22H31N3O2. The Morgan fingerprint density at radius 2 is 1.89 bits per heavy atom. The number of aromatic nitrogens is 1. The number of aromatic amines is 1. The van der Waals surface area contributed by atoms with E-state index in [0.29, 0.717) is 12.5 Å². The number of hydrogen-bond donors (Lipinski definition) is 2. The molecule has 1 amide bonds. The van der Waals surface area contributed by atoms with E-state index in [0.717, 1.165) is 51.7 Å². The van der Waals surface area contributed by atoms with Crippen molar-refractivity contribution in [1.82, 2.24) is 14.8 Å². The van der Waals surface area contributed by atoms with E-state index in [1.54, 1.807) is 4.90 Å². The van der Waals surface area contributed by atoms with Crippen molar-refractivity contribution in [3.05, 3.63) is 36.0 Å². The van der Waals surface area contributed by atoms with Gasteiger partial charge in [-0.15, -0.1) is 0 Å². The minimum absolute atomic E-state index is 0.205. The molecule has 1 atom stereocenters. The van der Waals surface area contributed by atoms with Crippen LogP contribution in [0.2, 0.25) is 0 Å². The topological polar surface area (TPSA) is 59.6 Å². The molecule has 0 radical (unpaired) electrons. The van der Waals surface area contributed by atoms with Crippen LogP contribution in [0.25, 0.3) is 10.9 Å². The number of benzene rings is 1. The van der Waals surface area contributed by atoms with Crippen LogP contribution < -0.4 is 0 Å². The summed E-state index contributed by atoms with van der Waals surface area (Å²) in [4.78, 5) is 19.2. The minimum Gasteiger partial charge on any atom is -0.465 e. The van der Waals surface area contributed by atoms with Gasteiger partial charge in [-0.25, -0.2) is 4.79 Å². The number of nitrogens with zero attached hydrogens (tertiary/aromatic N) is 2. The van der Waals surface area contributed by atoms with Crippen molar-refractivity contribution in [1.29, 1.82) is 0 Å². The average Bonchev–Trinajstić information content (AvgIpc) is 2.97. The first kappa shape index (κ1) is 18.4. The Morgan fingerprint density at radius 1 is 1.07 bits per heavy atom. The lowest BCUT2D eigenvalue weighted by atomic mass is 9.89. The number of rotatable bonds is 4. The van der Waals surface area contributed by atoms with Gasteiger partial charge in [0.05, 0.1) is 0 Å². The standard InChI is InChI=1S/C22H31N3O2/c26-22(27)25-12-5-1-2-6-18(25)11-15-24-13-9-17(10-14-24)20-16-23-21-8-4-3-7-19(20)21/h3-4,7-8,16-18,23H,1-2,5-6,9-15H2,(H,26,27). The van der Waals surface area contributed by atoms with Crippen LogP contribution in [0, 0.1) is 0 Å². The molecule has 4 rings (SSSR count). The van der Waals surface area contributed by atoms with Gasteiger partial charge in [-0.05, 0) is 62.7 Å². The number of nitrogens with one attached hydrogen (secondary N) is 1. The quantitative estimate of drug-likeness (QED) is 0.824. The first-order chi connectivity index (χ1) is 13.2. The molecule has 5 nitrogen and oxygen atoms in total. The van der Waals surface area contributed by atoms with Gasteiger partial charge < -0.3 is 19.9 Å². The zero-order chi connectivity index (χ0) is 18.6. The van der Waals surface area contributed by atoms with Gasteiger partial charge in [0.15, 0.2) is 0 Å². The van der Waals surface area contributed by atoms with Crippen LogP contribution in [0.3, 0.4) is 0 Å². The first-order valence-electron chi connectivity index (χ1n) is 10.5. The largest absolute Gasteiger partial charge is 0.465 e. The molecule has 0 aliphatic carbocycles. The van der Waals surface area contributed by atoms with E-state index in [-0.39, 0.29) is 6.04 Å². The summed E-state index contributed by atoms with van der Waals surface area (Å²) in [7, 11) is 0. The number of carbonyl (C=O) groups is 1. The van der Waals surface area contributed by atoms with Crippen molar-refractivity contribution in [3.63, 3.8) is 0 Å². The molecule has 1 aromatic heterocycles. The van der Waals surface area contributed by atoms with E-state index in [2.05, 4.69) is 40.3 Å². The Hall–Kier alpha value is -2.01. The van der Waals surface area contributed by atoms with E-state index in [1.165, 1.54) is 29.3 Å². The van der Waals surface area contributed by atoms with Crippen molar-refractivity contribution in [3.8, 4) is 0 Å². The maximum absolute atomic E-state index is 11.6. The second-order valence-electron chi connectivity index (χ2n) is 8.17. The highest BCUT2D eigenvalue weighted by Crippen LogP contribution is 2.33. The highest BCUT2D eigenvalue weighted by molar-refractivity contribution is 5.83. The summed E-state index contributed by atoms with van der Waals surface area (Å²) in [6.07, 6.45) is 9.18. The van der Waals surface area contributed by atoms with Gasteiger partial charge in [0.2, 0.25) is 0 Å². The summed E-state index contributed by atoms with van der Waals surface area (Å²) >= 11 is 0. The van der Waals surface area contributed by atoms with Gasteiger partial charge in [-0.2, -0.15) is 0 Å². The maximum atomic E-state index is 11.6. The van der Waals surface area contributed by atoms with E-state index in [9.17, 15) is 9.90 Å². The first-order valence-corrected chi connectivity index (χ1v) is 10.5. The minimum atomic E-state index is -0.736. The molecule has 3 heterocycles. The Kier molecular flexibility index (Phi) is 5.67. The molecule has 27 heavy (non-hydrogen) atoms. The van der Waals surface area contributed by atoms with Gasteiger partial charge in [0, 0.05) is 36.2 Å². The molecule has 1 aromatic carbocycles. The van der Waals surface area contributed by atoms with Crippen LogP contribution >= 0.6 is 0 Å². The normalized spacial score (nSPS) is 22.8. The van der Waals surface area contributed by atoms with Crippen LogP contribution in [0.5, 0.6) is 0 Å². The van der Waals surface area contributed by atoms with Crippen molar-refractivity contribution >= 4 is 17.0 Å². The van der Waals surface area contributed by atoms with E-state index >= 15 is 0 Å². The molecule has 2 aromatic rings. The molecule has 2 aliphatic rings. The number of fused-ring (bicyclic) bond motifs is 1. The summed E-state index contributed by atoms with van der Waals surface area (Å²) in [5.41, 5.74) is 2.70. The number of likely N-dealkylation sites (tertiary alicyclic amines) is 2. The second-order valence-corrected chi connectivity index (χ2v) is 8.17. The Labute approximate surface area is 161 Å². The van der Waals surface area contributed by atoms with Crippen molar-refractivity contribution < 1.29 is 9.90 Å². The predicted octanol–water partition coefficient (Wildman–Crippen LogP) is 4.66. The zero-order valence-corrected chi connectivity index (χ0v) is 16.1. The number of H-pyrrole nitrogens is 1. The summed E-state index contributed by atoms with van der Waals surface area (Å²) in [6, 6.07) is 8.78. The Balaban J connectivity index is 1.31. The van der Waals surface area contributed by atoms with E-state index in [1.807, 2.05) is 0 Å². The summed E-state index contributed by atoms with van der Waals surface area (Å²) in [6.45, 7) is 3.96. The summed E-state index contributed by atoms with van der Waals surface area (Å²) < 4.78 is 0. The van der Waals surface area contributed by atoms with E-state index in [4.69, 9.17) is 0 Å². The second kappa shape index (κ2) is 8.34. The van der Waals surface area contributed by atoms with Gasteiger partial charge in [-0.1, -0.05) is 31.0 Å². The maximum Gasteiger partial charge on any atom is 0.407 e. The van der Waals surface area contributed by atoms with Crippen molar-refractivity contribution in [2.45, 2.75) is 56.9 Å². The fourth-order valence-electron chi connectivity index (χ4n) is 4.96. The molecule has 2 N–H and O–H groups in total. The molecule has 0 saturated carbocycles. The summed E-state index contributed by atoms with van der Waals surface area (Å²) in [5.74, 6) is 0.630. The third-order valence-corrected chi connectivity index (χ3v) is 6.55. The van der Waals surface area contributed by atoms with E-state index < -0.39 is 6.09 Å². The average molecular weight is 370 g/mol. The zero-order valence-electron chi connectivity index (χ0n) is 16.1. The molecule has 2 saturated heterocycles. The van der Waals surface area contributed by atoms with Crippen LogP contribution in [0.1, 0.15) is 56.4 Å². The number of para-hydroxylation sites is 1. The van der Waals surface area contributed by atoms with Crippen molar-refractivity contribution in [2.24, 2.45) is 0 Å². The van der Waals surface area contributed by atoms with Crippen LogP contribution in [0.4, 0.5) is 4.79 Å². The smallest absolute Gasteiger partial charge is 0.407 e. The van der Waals surface area contributed by atoms with Crippen LogP contribution in [0.15, 0.2) is 30.5 Å². The van der Waals surface area contributed by atoms with Gasteiger partial charge in [-0.3, -0.25) is 0 Å². The number of carboxylic acid groups (broad SMARTS) is 1. The lowest BCUT2D eigenvalue weighted by Gasteiger charge is -2.34. The highest BCUT2D eigenvalue weighted by atomic mass is 16.4. The number of amides is 1. The third kappa shape index (κ3) is 4.13. The molecule has 5 heteroatoms. The SMILES string of the molecule is O=C(O)N1CCCCCC1CCN1CCC(c2c[nH]c3ccccc23)CC1. The molecule has 0 bridgehead atoms. The van der Waals surface area contributed by atoms with Crippen LogP contribution in [-0.4, -0.2) is 58.2 Å². The monoisotopic (exact) mass is 369 g/mol. The third-order valence-electron chi connectivity index (χ3n) is 6.55. The molecule has 2 fully saturated rings.